The monoisotopic (exact) mass is 206 g/mol. The first-order valence-electron chi connectivity index (χ1n) is 5.09. The summed E-state index contributed by atoms with van der Waals surface area (Å²) in [5.74, 6) is 0.921. The highest BCUT2D eigenvalue weighted by atomic mass is 16.7. The van der Waals surface area contributed by atoms with Crippen LogP contribution in [0, 0.1) is 0 Å². The summed E-state index contributed by atoms with van der Waals surface area (Å²) in [6, 6.07) is 5.67. The van der Waals surface area contributed by atoms with Gasteiger partial charge >= 0.3 is 0 Å². The number of rotatable bonds is 3. The molecule has 1 aliphatic rings. The number of aryl methyl sites for hydroxylation is 1. The third-order valence-corrected chi connectivity index (χ3v) is 2.58. The molecule has 1 aliphatic carbocycles. The van der Waals surface area contributed by atoms with Crippen LogP contribution in [0.2, 0.25) is 0 Å². The first-order chi connectivity index (χ1) is 7.31. The summed E-state index contributed by atoms with van der Waals surface area (Å²) < 4.78 is 10.1. The minimum absolute atomic E-state index is 0.215. The number of ketones is 1. The van der Waals surface area contributed by atoms with Gasteiger partial charge in [0.05, 0.1) is 0 Å². The van der Waals surface area contributed by atoms with E-state index in [4.69, 9.17) is 9.47 Å². The van der Waals surface area contributed by atoms with Gasteiger partial charge in [-0.2, -0.15) is 0 Å². The molecule has 0 aromatic heterocycles. The molecule has 0 amide bonds. The Kier molecular flexibility index (Phi) is 3.02. The molecule has 80 valence electrons. The Labute approximate surface area is 89.0 Å². The number of benzene rings is 1. The average molecular weight is 206 g/mol. The van der Waals surface area contributed by atoms with Gasteiger partial charge < -0.3 is 9.47 Å². The van der Waals surface area contributed by atoms with Gasteiger partial charge in [0.15, 0.2) is 12.6 Å². The van der Waals surface area contributed by atoms with Crippen LogP contribution in [0.25, 0.3) is 0 Å². The standard InChI is InChI=1S/C12H14O3/c1-14-8-15-10-6-5-9-3-2-4-12(13)11(9)7-10/h5-7H,2-4,8H2,1H3. The van der Waals surface area contributed by atoms with Crippen molar-refractivity contribution in [2.24, 2.45) is 0 Å². The van der Waals surface area contributed by atoms with Crippen molar-refractivity contribution in [1.29, 1.82) is 0 Å². The van der Waals surface area contributed by atoms with Crippen LogP contribution in [-0.4, -0.2) is 19.7 Å². The molecule has 1 aromatic carbocycles. The van der Waals surface area contributed by atoms with E-state index < -0.39 is 0 Å². The summed E-state index contributed by atoms with van der Waals surface area (Å²) in [6.45, 7) is 0.215. The zero-order chi connectivity index (χ0) is 10.7. The maximum Gasteiger partial charge on any atom is 0.188 e. The fourth-order valence-electron chi connectivity index (χ4n) is 1.82. The maximum atomic E-state index is 11.6. The molecule has 2 rings (SSSR count). The Morgan fingerprint density at radius 3 is 3.00 bits per heavy atom. The predicted molar refractivity (Wildman–Crippen MR) is 56.2 cm³/mol. The Balaban J connectivity index is 2.23. The molecule has 3 nitrogen and oxygen atoms in total. The summed E-state index contributed by atoms with van der Waals surface area (Å²) in [5, 5.41) is 0. The largest absolute Gasteiger partial charge is 0.468 e. The second kappa shape index (κ2) is 4.45. The number of hydrogen-bond donors (Lipinski definition) is 0. The molecule has 0 aliphatic heterocycles. The van der Waals surface area contributed by atoms with Gasteiger partial charge in [-0.25, -0.2) is 0 Å². The fraction of sp³-hybridized carbons (Fsp3) is 0.417. The topological polar surface area (TPSA) is 35.5 Å². The van der Waals surface area contributed by atoms with Crippen LogP contribution in [0.15, 0.2) is 18.2 Å². The predicted octanol–water partition coefficient (Wildman–Crippen LogP) is 2.19. The van der Waals surface area contributed by atoms with Crippen molar-refractivity contribution in [3.05, 3.63) is 29.3 Å². The van der Waals surface area contributed by atoms with Crippen LogP contribution >= 0.6 is 0 Å². The number of carbonyl (C=O) groups is 1. The van der Waals surface area contributed by atoms with E-state index >= 15 is 0 Å². The van der Waals surface area contributed by atoms with Crippen LogP contribution in [0.5, 0.6) is 5.75 Å². The molecule has 0 heterocycles. The molecule has 0 N–H and O–H groups in total. The molecule has 3 heteroatoms. The molecule has 0 atom stereocenters. The number of ether oxygens (including phenoxy) is 2. The van der Waals surface area contributed by atoms with Crippen LogP contribution in [-0.2, 0) is 11.2 Å². The first kappa shape index (κ1) is 10.2. The van der Waals surface area contributed by atoms with Gasteiger partial charge in [0.2, 0.25) is 0 Å². The van der Waals surface area contributed by atoms with Crippen molar-refractivity contribution >= 4 is 5.78 Å². The summed E-state index contributed by atoms with van der Waals surface area (Å²) in [7, 11) is 1.57. The van der Waals surface area contributed by atoms with Crippen LogP contribution in [0.3, 0.4) is 0 Å². The minimum atomic E-state index is 0.215. The van der Waals surface area contributed by atoms with Crippen LogP contribution in [0.4, 0.5) is 0 Å². The molecule has 0 spiro atoms. The third-order valence-electron chi connectivity index (χ3n) is 2.58. The first-order valence-corrected chi connectivity index (χ1v) is 5.09. The minimum Gasteiger partial charge on any atom is -0.468 e. The van der Waals surface area contributed by atoms with Gasteiger partial charge in [-0.05, 0) is 30.5 Å². The van der Waals surface area contributed by atoms with Crippen molar-refractivity contribution in [2.45, 2.75) is 19.3 Å². The van der Waals surface area contributed by atoms with E-state index in [2.05, 4.69) is 0 Å². The van der Waals surface area contributed by atoms with E-state index in [-0.39, 0.29) is 12.6 Å². The molecule has 1 aromatic rings. The number of methoxy groups -OCH3 is 1. The summed E-state index contributed by atoms with van der Waals surface area (Å²) in [6.07, 6.45) is 2.61. The highest BCUT2D eigenvalue weighted by molar-refractivity contribution is 5.98. The number of fused-ring (bicyclic) bond motifs is 1. The lowest BCUT2D eigenvalue weighted by Crippen LogP contribution is -2.11. The third kappa shape index (κ3) is 2.18. The van der Waals surface area contributed by atoms with Gasteiger partial charge in [0, 0.05) is 19.1 Å². The van der Waals surface area contributed by atoms with Gasteiger partial charge in [0.25, 0.3) is 0 Å². The zero-order valence-electron chi connectivity index (χ0n) is 8.79. The van der Waals surface area contributed by atoms with Gasteiger partial charge in [0.1, 0.15) is 5.75 Å². The fourth-order valence-corrected chi connectivity index (χ4v) is 1.82. The molecule has 0 unspecified atom stereocenters. The van der Waals surface area contributed by atoms with Crippen molar-refractivity contribution in [2.75, 3.05) is 13.9 Å². The van der Waals surface area contributed by atoms with E-state index in [1.807, 2.05) is 18.2 Å². The summed E-state index contributed by atoms with van der Waals surface area (Å²) in [4.78, 5) is 11.6. The number of hydrogen-bond acceptors (Lipinski definition) is 3. The molecule has 0 saturated carbocycles. The Morgan fingerprint density at radius 1 is 1.33 bits per heavy atom. The van der Waals surface area contributed by atoms with Gasteiger partial charge in [-0.15, -0.1) is 0 Å². The highest BCUT2D eigenvalue weighted by Gasteiger charge is 2.17. The lowest BCUT2D eigenvalue weighted by Gasteiger charge is -2.15. The Morgan fingerprint density at radius 2 is 2.20 bits per heavy atom. The molecular weight excluding hydrogens is 192 g/mol. The lowest BCUT2D eigenvalue weighted by molar-refractivity contribution is 0.0510. The highest BCUT2D eigenvalue weighted by Crippen LogP contribution is 2.25. The number of Topliss-reactive ketones (excluding diaryl/α,β-unsaturated/α-hetero) is 1. The van der Waals surface area contributed by atoms with Crippen molar-refractivity contribution in [3.63, 3.8) is 0 Å². The number of carbonyl (C=O) groups excluding carboxylic acids is 1. The van der Waals surface area contributed by atoms with Crippen molar-refractivity contribution in [1.82, 2.24) is 0 Å². The molecule has 0 fully saturated rings. The Hall–Kier alpha value is -1.35. The SMILES string of the molecule is COCOc1ccc2c(c1)C(=O)CCC2. The van der Waals surface area contributed by atoms with E-state index in [1.54, 1.807) is 7.11 Å². The van der Waals surface area contributed by atoms with Crippen molar-refractivity contribution < 1.29 is 14.3 Å². The van der Waals surface area contributed by atoms with E-state index in [9.17, 15) is 4.79 Å². The van der Waals surface area contributed by atoms with E-state index in [0.29, 0.717) is 12.2 Å². The van der Waals surface area contributed by atoms with Crippen molar-refractivity contribution in [3.8, 4) is 5.75 Å². The normalized spacial score (nSPS) is 14.9. The quantitative estimate of drug-likeness (QED) is 0.711. The Bertz CT molecular complexity index is 371. The maximum absolute atomic E-state index is 11.6. The summed E-state index contributed by atoms with van der Waals surface area (Å²) >= 11 is 0. The lowest BCUT2D eigenvalue weighted by atomic mass is 9.91. The molecule has 0 saturated heterocycles. The van der Waals surface area contributed by atoms with E-state index in [0.717, 1.165) is 24.0 Å². The van der Waals surface area contributed by atoms with Gasteiger partial charge in [-0.1, -0.05) is 6.07 Å². The molecule has 15 heavy (non-hydrogen) atoms. The average Bonchev–Trinajstić information content (AvgIpc) is 2.27. The second-order valence-electron chi connectivity index (χ2n) is 3.65. The molecule has 0 radical (unpaired) electrons. The smallest absolute Gasteiger partial charge is 0.188 e. The molecular formula is C12H14O3. The van der Waals surface area contributed by atoms with Crippen LogP contribution < -0.4 is 4.74 Å². The van der Waals surface area contributed by atoms with Gasteiger partial charge in [-0.3, -0.25) is 4.79 Å². The summed E-state index contributed by atoms with van der Waals surface area (Å²) in [5.41, 5.74) is 1.95. The second-order valence-corrected chi connectivity index (χ2v) is 3.65. The van der Waals surface area contributed by atoms with E-state index in [1.165, 1.54) is 0 Å². The molecule has 0 bridgehead atoms. The zero-order valence-corrected chi connectivity index (χ0v) is 8.79. The van der Waals surface area contributed by atoms with Crippen LogP contribution in [0.1, 0.15) is 28.8 Å².